The summed E-state index contributed by atoms with van der Waals surface area (Å²) in [5.74, 6) is 0.585. The highest BCUT2D eigenvalue weighted by atomic mass is 32.2. The second kappa shape index (κ2) is 7.38. The molecule has 30 heavy (non-hydrogen) atoms. The van der Waals surface area contributed by atoms with Gasteiger partial charge in [-0.05, 0) is 38.8 Å². The highest BCUT2D eigenvalue weighted by Crippen LogP contribution is 2.28. The lowest BCUT2D eigenvalue weighted by Crippen LogP contribution is -2.24. The highest BCUT2D eigenvalue weighted by molar-refractivity contribution is 7.91. The molecular formula is C19H24N6O4S. The molecule has 1 atom stereocenters. The summed E-state index contributed by atoms with van der Waals surface area (Å²) in [5, 5.41) is 12.3. The van der Waals surface area contributed by atoms with Crippen molar-refractivity contribution in [1.29, 1.82) is 0 Å². The van der Waals surface area contributed by atoms with Crippen molar-refractivity contribution in [3.8, 4) is 5.88 Å². The van der Waals surface area contributed by atoms with Crippen molar-refractivity contribution < 1.29 is 17.9 Å². The van der Waals surface area contributed by atoms with Crippen LogP contribution in [0.25, 0.3) is 11.0 Å². The van der Waals surface area contributed by atoms with Crippen LogP contribution in [-0.4, -0.2) is 57.0 Å². The van der Waals surface area contributed by atoms with E-state index in [4.69, 9.17) is 4.74 Å². The van der Waals surface area contributed by atoms with Crippen molar-refractivity contribution in [3.63, 3.8) is 0 Å². The predicted octanol–water partition coefficient (Wildman–Crippen LogP) is 1.47. The number of nitrogens with one attached hydrogen (secondary N) is 1. The van der Waals surface area contributed by atoms with Crippen LogP contribution in [0, 0.1) is 20.8 Å². The third-order valence-electron chi connectivity index (χ3n) is 5.11. The second-order valence-electron chi connectivity index (χ2n) is 7.72. The number of ether oxygens (including phenoxy) is 1. The van der Waals surface area contributed by atoms with E-state index in [1.54, 1.807) is 29.4 Å². The fraction of sp³-hybridized carbons (Fsp3) is 0.474. The van der Waals surface area contributed by atoms with Crippen molar-refractivity contribution in [2.75, 3.05) is 23.4 Å². The van der Waals surface area contributed by atoms with Gasteiger partial charge >= 0.3 is 0 Å². The van der Waals surface area contributed by atoms with Crippen molar-refractivity contribution in [3.05, 3.63) is 29.1 Å². The number of rotatable bonds is 5. The minimum absolute atomic E-state index is 0.0269. The zero-order valence-corrected chi connectivity index (χ0v) is 18.2. The number of anilines is 1. The van der Waals surface area contributed by atoms with E-state index in [1.165, 1.54) is 0 Å². The topological polar surface area (TPSA) is 121 Å². The van der Waals surface area contributed by atoms with Crippen LogP contribution in [0.1, 0.15) is 29.4 Å². The molecule has 1 amide bonds. The summed E-state index contributed by atoms with van der Waals surface area (Å²) in [6, 6.07) is 3.38. The Morgan fingerprint density at radius 1 is 1.23 bits per heavy atom. The van der Waals surface area contributed by atoms with E-state index in [-0.39, 0.29) is 30.1 Å². The average Bonchev–Trinajstić information content (AvgIpc) is 3.29. The molecule has 0 radical (unpaired) electrons. The van der Waals surface area contributed by atoms with Gasteiger partial charge in [0.1, 0.15) is 5.82 Å². The lowest BCUT2D eigenvalue weighted by Gasteiger charge is -2.13. The Hall–Kier alpha value is -2.95. The van der Waals surface area contributed by atoms with Gasteiger partial charge in [0.25, 0.3) is 5.91 Å². The van der Waals surface area contributed by atoms with Gasteiger partial charge in [-0.15, -0.1) is 5.10 Å². The quantitative estimate of drug-likeness (QED) is 0.648. The minimum Gasteiger partial charge on any atom is -0.466 e. The lowest BCUT2D eigenvalue weighted by atomic mass is 10.2. The Kier molecular flexibility index (Phi) is 5.00. The Balaban J connectivity index is 1.49. The van der Waals surface area contributed by atoms with Gasteiger partial charge in [-0.2, -0.15) is 5.10 Å². The van der Waals surface area contributed by atoms with Crippen LogP contribution in [-0.2, 0) is 21.7 Å². The molecule has 4 heterocycles. The molecule has 0 saturated carbocycles. The number of fused-ring (bicyclic) bond motifs is 1. The Bertz CT molecular complexity index is 1240. The van der Waals surface area contributed by atoms with Crippen LogP contribution in [0.4, 0.5) is 5.82 Å². The van der Waals surface area contributed by atoms with Crippen molar-refractivity contribution in [2.24, 2.45) is 7.05 Å². The van der Waals surface area contributed by atoms with Crippen molar-refractivity contribution in [2.45, 2.75) is 33.2 Å². The predicted molar refractivity (Wildman–Crippen MR) is 111 cm³/mol. The van der Waals surface area contributed by atoms with Crippen LogP contribution < -0.4 is 10.1 Å². The largest absolute Gasteiger partial charge is 0.466 e. The molecule has 1 unspecified atom stereocenters. The number of aryl methyl sites for hydroxylation is 4. The summed E-state index contributed by atoms with van der Waals surface area (Å²) in [6.45, 7) is 5.41. The molecule has 3 aromatic heterocycles. The summed E-state index contributed by atoms with van der Waals surface area (Å²) >= 11 is 0. The fourth-order valence-corrected chi connectivity index (χ4v) is 5.51. The molecule has 0 aromatic carbocycles. The molecule has 10 nitrogen and oxygen atoms in total. The Morgan fingerprint density at radius 2 is 2.00 bits per heavy atom. The molecule has 1 fully saturated rings. The third-order valence-corrected chi connectivity index (χ3v) is 6.86. The van der Waals surface area contributed by atoms with Crippen molar-refractivity contribution in [1.82, 2.24) is 24.5 Å². The molecule has 0 spiro atoms. The number of pyridine rings is 1. The van der Waals surface area contributed by atoms with Gasteiger partial charge in [-0.1, -0.05) is 0 Å². The third kappa shape index (κ3) is 3.89. The number of sulfone groups is 1. The maximum absolute atomic E-state index is 12.5. The molecule has 3 aromatic rings. The van der Waals surface area contributed by atoms with E-state index in [0.717, 1.165) is 16.6 Å². The van der Waals surface area contributed by atoms with E-state index < -0.39 is 9.84 Å². The van der Waals surface area contributed by atoms with Gasteiger partial charge in [0.05, 0.1) is 28.6 Å². The SMILES string of the molecule is Cc1cc(C)c2c(OCC(=O)Nc3cc(C)nn3C3CCS(=O)(=O)C3)nn(C)c2n1. The van der Waals surface area contributed by atoms with Gasteiger partial charge in [0.2, 0.25) is 5.88 Å². The summed E-state index contributed by atoms with van der Waals surface area (Å²) < 4.78 is 32.5. The molecule has 4 rings (SSSR count). The number of hydrogen-bond donors (Lipinski definition) is 1. The zero-order chi connectivity index (χ0) is 21.6. The van der Waals surface area contributed by atoms with E-state index >= 15 is 0 Å². The first kappa shape index (κ1) is 20.3. The summed E-state index contributed by atoms with van der Waals surface area (Å²) in [6.07, 6.45) is 0.481. The lowest BCUT2D eigenvalue weighted by molar-refractivity contribution is -0.118. The average molecular weight is 433 g/mol. The number of nitrogens with zero attached hydrogens (tertiary/aromatic N) is 5. The minimum atomic E-state index is -3.07. The number of carbonyl (C=O) groups is 1. The zero-order valence-electron chi connectivity index (χ0n) is 17.3. The number of hydrogen-bond acceptors (Lipinski definition) is 7. The van der Waals surface area contributed by atoms with E-state index in [0.29, 0.717) is 29.5 Å². The Labute approximate surface area is 174 Å². The molecule has 0 bridgehead atoms. The molecule has 160 valence electrons. The monoisotopic (exact) mass is 432 g/mol. The van der Waals surface area contributed by atoms with E-state index in [1.807, 2.05) is 19.9 Å². The van der Waals surface area contributed by atoms with Gasteiger partial charge in [-0.3, -0.25) is 4.79 Å². The van der Waals surface area contributed by atoms with Crippen LogP contribution >= 0.6 is 0 Å². The van der Waals surface area contributed by atoms with Crippen molar-refractivity contribution >= 4 is 32.6 Å². The van der Waals surface area contributed by atoms with Gasteiger partial charge in [-0.25, -0.2) is 22.8 Å². The molecular weight excluding hydrogens is 408 g/mol. The first-order valence-corrected chi connectivity index (χ1v) is 11.5. The standard InChI is InChI=1S/C19H24N6O4S/c1-11-7-12(2)20-18-17(11)19(23-24(18)4)29-9-16(26)21-15-8-13(3)22-25(15)14-5-6-30(27,28)10-14/h7-8,14H,5-6,9-10H2,1-4H3,(H,21,26). The summed E-state index contributed by atoms with van der Waals surface area (Å²) in [4.78, 5) is 17.0. The van der Waals surface area contributed by atoms with E-state index in [9.17, 15) is 13.2 Å². The maximum Gasteiger partial charge on any atom is 0.263 e. The highest BCUT2D eigenvalue weighted by Gasteiger charge is 2.31. The summed E-state index contributed by atoms with van der Waals surface area (Å²) in [7, 11) is -1.29. The first-order valence-electron chi connectivity index (χ1n) is 9.63. The number of carbonyl (C=O) groups excluding carboxylic acids is 1. The Morgan fingerprint density at radius 3 is 2.70 bits per heavy atom. The van der Waals surface area contributed by atoms with Gasteiger partial charge in [0, 0.05) is 18.8 Å². The molecule has 1 saturated heterocycles. The molecule has 1 aliphatic rings. The normalized spacial score (nSPS) is 18.1. The van der Waals surface area contributed by atoms with Gasteiger partial charge < -0.3 is 10.1 Å². The first-order chi connectivity index (χ1) is 14.1. The molecule has 11 heteroatoms. The summed E-state index contributed by atoms with van der Waals surface area (Å²) in [5.41, 5.74) is 3.24. The number of aromatic nitrogens is 5. The molecule has 0 aliphatic carbocycles. The number of amides is 1. The molecule has 1 aliphatic heterocycles. The van der Waals surface area contributed by atoms with Crippen LogP contribution in [0.3, 0.4) is 0 Å². The fourth-order valence-electron chi connectivity index (χ4n) is 3.82. The second-order valence-corrected chi connectivity index (χ2v) is 9.95. The van der Waals surface area contributed by atoms with Crippen LogP contribution in [0.2, 0.25) is 0 Å². The van der Waals surface area contributed by atoms with Gasteiger partial charge in [0.15, 0.2) is 22.1 Å². The maximum atomic E-state index is 12.5. The smallest absolute Gasteiger partial charge is 0.263 e. The van der Waals surface area contributed by atoms with Crippen LogP contribution in [0.15, 0.2) is 12.1 Å². The molecule has 1 N–H and O–H groups in total. The van der Waals surface area contributed by atoms with E-state index in [2.05, 4.69) is 20.5 Å². The van der Waals surface area contributed by atoms with Crippen LogP contribution in [0.5, 0.6) is 5.88 Å².